The van der Waals surface area contributed by atoms with Crippen LogP contribution in [-0.4, -0.2) is 45.1 Å². The van der Waals surface area contributed by atoms with Crippen LogP contribution in [0.3, 0.4) is 0 Å². The molecule has 1 N–H and O–H groups in total. The van der Waals surface area contributed by atoms with Crippen LogP contribution >= 0.6 is 0 Å². The summed E-state index contributed by atoms with van der Waals surface area (Å²) in [6.07, 6.45) is 6.44. The molecule has 1 saturated heterocycles. The number of carboxylic acid groups (broad SMARTS) is 1. The lowest BCUT2D eigenvalue weighted by atomic mass is 9.81. The summed E-state index contributed by atoms with van der Waals surface area (Å²) in [6, 6.07) is 0. The molecule has 7 heteroatoms. The van der Waals surface area contributed by atoms with Gasteiger partial charge in [0.25, 0.3) is 0 Å². The second kappa shape index (κ2) is 6.52. The molecule has 1 aromatic rings. The summed E-state index contributed by atoms with van der Waals surface area (Å²) >= 11 is 0. The van der Waals surface area contributed by atoms with Crippen LogP contribution < -0.4 is 0 Å². The first kappa shape index (κ1) is 15.7. The van der Waals surface area contributed by atoms with Gasteiger partial charge in [-0.3, -0.25) is 9.59 Å². The zero-order valence-electron chi connectivity index (χ0n) is 13.1. The molecule has 2 heterocycles. The third kappa shape index (κ3) is 3.28. The number of hydrogen-bond acceptors (Lipinski definition) is 5. The summed E-state index contributed by atoms with van der Waals surface area (Å²) in [5.74, 6) is -0.864. The van der Waals surface area contributed by atoms with E-state index in [1.54, 1.807) is 11.8 Å². The molecule has 1 aliphatic heterocycles. The van der Waals surface area contributed by atoms with Gasteiger partial charge in [0.05, 0.1) is 17.8 Å². The zero-order chi connectivity index (χ0) is 16.4. The number of hydrogen-bond donors (Lipinski definition) is 1. The van der Waals surface area contributed by atoms with Crippen molar-refractivity contribution < 1.29 is 19.2 Å². The lowest BCUT2D eigenvalue weighted by molar-refractivity contribution is -0.151. The molecule has 23 heavy (non-hydrogen) atoms. The van der Waals surface area contributed by atoms with Gasteiger partial charge in [-0.25, -0.2) is 0 Å². The maximum absolute atomic E-state index is 12.8. The molecule has 1 aromatic heterocycles. The summed E-state index contributed by atoms with van der Waals surface area (Å²) in [7, 11) is 0. The Morgan fingerprint density at radius 1 is 1.30 bits per heavy atom. The Morgan fingerprint density at radius 2 is 2.04 bits per heavy atom. The van der Waals surface area contributed by atoms with Gasteiger partial charge in [0.15, 0.2) is 5.82 Å². The number of piperidine rings is 1. The smallest absolute Gasteiger partial charge is 0.307 e. The third-order valence-electron chi connectivity index (χ3n) is 4.69. The van der Waals surface area contributed by atoms with E-state index in [1.807, 2.05) is 12.2 Å². The summed E-state index contributed by atoms with van der Waals surface area (Å²) in [6.45, 7) is 2.95. The number of aryl methyl sites for hydroxylation is 1. The number of allylic oxidation sites excluding steroid dienone is 2. The van der Waals surface area contributed by atoms with Crippen LogP contribution in [0.4, 0.5) is 0 Å². The number of likely N-dealkylation sites (tertiary alicyclic amines) is 1. The number of aliphatic carboxylic acids is 1. The number of amides is 1. The van der Waals surface area contributed by atoms with Gasteiger partial charge in [-0.05, 0) is 32.6 Å². The largest absolute Gasteiger partial charge is 0.481 e. The number of carboxylic acids is 1. The van der Waals surface area contributed by atoms with E-state index in [9.17, 15) is 14.7 Å². The van der Waals surface area contributed by atoms with Crippen molar-refractivity contribution in [1.29, 1.82) is 0 Å². The maximum atomic E-state index is 12.8. The molecule has 0 bridgehead atoms. The standard InChI is InChI=1S/C16H21N3O4/c1-10-17-14(23-18-10)11-5-4-8-19(9-11)15(20)12-6-2-3-7-13(12)16(21)22/h2-3,11-13H,4-9H2,1H3,(H,21,22)/t11-,12-,13-/m1/s1. The van der Waals surface area contributed by atoms with Gasteiger partial charge in [-0.15, -0.1) is 0 Å². The van der Waals surface area contributed by atoms with Gasteiger partial charge in [-0.2, -0.15) is 4.98 Å². The Bertz CT molecular complexity index is 625. The van der Waals surface area contributed by atoms with Crippen LogP contribution in [0.25, 0.3) is 0 Å². The highest BCUT2D eigenvalue weighted by atomic mass is 16.5. The summed E-state index contributed by atoms with van der Waals surface area (Å²) in [5.41, 5.74) is 0. The SMILES string of the molecule is Cc1noc([C@@H]2CCCN(C(=O)[C@@H]3CC=CC[C@H]3C(=O)O)C2)n1. The molecule has 1 fully saturated rings. The highest BCUT2D eigenvalue weighted by Crippen LogP contribution is 2.31. The van der Waals surface area contributed by atoms with Crippen LogP contribution in [0.5, 0.6) is 0 Å². The van der Waals surface area contributed by atoms with Crippen molar-refractivity contribution >= 4 is 11.9 Å². The second-order valence-electron chi connectivity index (χ2n) is 6.30. The second-order valence-corrected chi connectivity index (χ2v) is 6.30. The molecule has 1 amide bonds. The number of carbonyl (C=O) groups excluding carboxylic acids is 1. The Hall–Kier alpha value is -2.18. The van der Waals surface area contributed by atoms with Gasteiger partial charge >= 0.3 is 5.97 Å². The summed E-state index contributed by atoms with van der Waals surface area (Å²) < 4.78 is 5.23. The number of rotatable bonds is 3. The minimum absolute atomic E-state index is 0.0383. The van der Waals surface area contributed by atoms with Crippen LogP contribution in [0.2, 0.25) is 0 Å². The van der Waals surface area contributed by atoms with Gasteiger partial charge in [-0.1, -0.05) is 17.3 Å². The highest BCUT2D eigenvalue weighted by Gasteiger charge is 2.38. The van der Waals surface area contributed by atoms with E-state index in [-0.39, 0.29) is 11.8 Å². The number of nitrogens with zero attached hydrogens (tertiary/aromatic N) is 3. The Balaban J connectivity index is 1.71. The van der Waals surface area contributed by atoms with E-state index in [0.717, 1.165) is 12.8 Å². The highest BCUT2D eigenvalue weighted by molar-refractivity contribution is 5.85. The molecule has 0 aromatic carbocycles. The summed E-state index contributed by atoms with van der Waals surface area (Å²) in [5, 5.41) is 13.2. The minimum atomic E-state index is -0.895. The fourth-order valence-electron chi connectivity index (χ4n) is 3.45. The van der Waals surface area contributed by atoms with Crippen molar-refractivity contribution in [2.24, 2.45) is 11.8 Å². The van der Waals surface area contributed by atoms with Crippen molar-refractivity contribution in [2.45, 2.75) is 38.5 Å². The molecular weight excluding hydrogens is 298 g/mol. The molecule has 124 valence electrons. The van der Waals surface area contributed by atoms with Crippen LogP contribution in [0.15, 0.2) is 16.7 Å². The molecular formula is C16H21N3O4. The first-order chi connectivity index (χ1) is 11.1. The third-order valence-corrected chi connectivity index (χ3v) is 4.69. The molecule has 2 aliphatic rings. The number of carbonyl (C=O) groups is 2. The monoisotopic (exact) mass is 319 g/mol. The number of aromatic nitrogens is 2. The van der Waals surface area contributed by atoms with Gasteiger partial charge in [0.1, 0.15) is 0 Å². The van der Waals surface area contributed by atoms with Gasteiger partial charge in [0, 0.05) is 13.1 Å². The van der Waals surface area contributed by atoms with Crippen LogP contribution in [0.1, 0.15) is 43.3 Å². The topological polar surface area (TPSA) is 96.5 Å². The maximum Gasteiger partial charge on any atom is 0.307 e. The van der Waals surface area contributed by atoms with Crippen molar-refractivity contribution in [3.63, 3.8) is 0 Å². The molecule has 3 rings (SSSR count). The van der Waals surface area contributed by atoms with Gasteiger partial charge < -0.3 is 14.5 Å². The van der Waals surface area contributed by atoms with E-state index < -0.39 is 17.8 Å². The average Bonchev–Trinajstić information content (AvgIpc) is 3.01. The molecule has 0 unspecified atom stereocenters. The lowest BCUT2D eigenvalue weighted by Gasteiger charge is -2.35. The van der Waals surface area contributed by atoms with Gasteiger partial charge in [0.2, 0.25) is 11.8 Å². The predicted molar refractivity (Wildman–Crippen MR) is 80.6 cm³/mol. The van der Waals surface area contributed by atoms with E-state index in [4.69, 9.17) is 4.52 Å². The predicted octanol–water partition coefficient (Wildman–Crippen LogP) is 1.75. The van der Waals surface area contributed by atoms with Crippen LogP contribution in [0, 0.1) is 18.8 Å². The molecule has 0 spiro atoms. The lowest BCUT2D eigenvalue weighted by Crippen LogP contribution is -2.45. The minimum Gasteiger partial charge on any atom is -0.481 e. The van der Waals surface area contributed by atoms with Crippen molar-refractivity contribution in [3.05, 3.63) is 23.9 Å². The van der Waals surface area contributed by atoms with E-state index >= 15 is 0 Å². The Morgan fingerprint density at radius 3 is 2.70 bits per heavy atom. The molecule has 0 radical (unpaired) electrons. The first-order valence-corrected chi connectivity index (χ1v) is 8.03. The first-order valence-electron chi connectivity index (χ1n) is 8.03. The molecule has 1 aliphatic carbocycles. The van der Waals surface area contributed by atoms with E-state index in [2.05, 4.69) is 10.1 Å². The summed E-state index contributed by atoms with van der Waals surface area (Å²) in [4.78, 5) is 30.2. The van der Waals surface area contributed by atoms with Crippen molar-refractivity contribution in [2.75, 3.05) is 13.1 Å². The fraction of sp³-hybridized carbons (Fsp3) is 0.625. The van der Waals surface area contributed by atoms with E-state index in [1.165, 1.54) is 0 Å². The fourth-order valence-corrected chi connectivity index (χ4v) is 3.45. The molecule has 0 saturated carbocycles. The Labute approximate surface area is 134 Å². The normalized spacial score (nSPS) is 27.9. The molecule has 3 atom stereocenters. The van der Waals surface area contributed by atoms with Crippen molar-refractivity contribution in [1.82, 2.24) is 15.0 Å². The van der Waals surface area contributed by atoms with Crippen LogP contribution in [-0.2, 0) is 9.59 Å². The zero-order valence-corrected chi connectivity index (χ0v) is 13.1. The quantitative estimate of drug-likeness (QED) is 0.853. The Kier molecular flexibility index (Phi) is 4.45. The van der Waals surface area contributed by atoms with Crippen molar-refractivity contribution in [3.8, 4) is 0 Å². The average molecular weight is 319 g/mol. The van der Waals surface area contributed by atoms with E-state index in [0.29, 0.717) is 37.6 Å². The molecule has 7 nitrogen and oxygen atoms in total.